The number of rotatable bonds is 3. The standard InChI is InChI=1S/C17H13ClFNO/c1-11-8-13(19)6-7-16(11)21-17-9-12(10-18)14-4-2-3-5-15(14)20-17/h2-9H,10H2,1H3. The lowest BCUT2D eigenvalue weighted by molar-refractivity contribution is 0.459. The van der Waals surface area contributed by atoms with Crippen LogP contribution in [0.2, 0.25) is 0 Å². The van der Waals surface area contributed by atoms with Crippen LogP contribution in [0.4, 0.5) is 4.39 Å². The Morgan fingerprint density at radius 2 is 1.95 bits per heavy atom. The van der Waals surface area contributed by atoms with Gasteiger partial charge >= 0.3 is 0 Å². The number of aryl methyl sites for hydroxylation is 1. The van der Waals surface area contributed by atoms with E-state index in [0.29, 0.717) is 17.5 Å². The molecule has 21 heavy (non-hydrogen) atoms. The monoisotopic (exact) mass is 301 g/mol. The second-order valence-corrected chi connectivity index (χ2v) is 5.05. The molecule has 4 heteroatoms. The number of para-hydroxylation sites is 1. The van der Waals surface area contributed by atoms with Crippen molar-refractivity contribution < 1.29 is 9.13 Å². The third-order valence-corrected chi connectivity index (χ3v) is 3.56. The van der Waals surface area contributed by atoms with E-state index in [-0.39, 0.29) is 5.82 Å². The second-order valence-electron chi connectivity index (χ2n) is 4.78. The summed E-state index contributed by atoms with van der Waals surface area (Å²) >= 11 is 6.00. The number of hydrogen-bond donors (Lipinski definition) is 0. The van der Waals surface area contributed by atoms with E-state index in [2.05, 4.69) is 4.98 Å². The second kappa shape index (κ2) is 5.70. The van der Waals surface area contributed by atoms with Crippen molar-refractivity contribution in [1.29, 1.82) is 0 Å². The normalized spacial score (nSPS) is 10.8. The van der Waals surface area contributed by atoms with Gasteiger partial charge in [-0.1, -0.05) is 18.2 Å². The van der Waals surface area contributed by atoms with Gasteiger partial charge in [0.15, 0.2) is 0 Å². The van der Waals surface area contributed by atoms with Crippen LogP contribution in [0.1, 0.15) is 11.1 Å². The Hall–Kier alpha value is -2.13. The molecule has 0 atom stereocenters. The fourth-order valence-electron chi connectivity index (χ4n) is 2.22. The maximum Gasteiger partial charge on any atom is 0.220 e. The maximum atomic E-state index is 13.1. The highest BCUT2D eigenvalue weighted by Crippen LogP contribution is 2.28. The summed E-state index contributed by atoms with van der Waals surface area (Å²) in [5.41, 5.74) is 2.50. The van der Waals surface area contributed by atoms with Crippen molar-refractivity contribution in [2.75, 3.05) is 0 Å². The Balaban J connectivity index is 2.04. The fraction of sp³-hybridized carbons (Fsp3) is 0.118. The zero-order chi connectivity index (χ0) is 14.8. The van der Waals surface area contributed by atoms with Gasteiger partial charge in [-0.25, -0.2) is 9.37 Å². The van der Waals surface area contributed by atoms with Gasteiger partial charge in [0.25, 0.3) is 0 Å². The van der Waals surface area contributed by atoms with Crippen molar-refractivity contribution in [3.8, 4) is 11.6 Å². The van der Waals surface area contributed by atoms with Crippen molar-refractivity contribution in [3.63, 3.8) is 0 Å². The first kappa shape index (κ1) is 13.8. The lowest BCUT2D eigenvalue weighted by Gasteiger charge is -2.10. The third kappa shape index (κ3) is 2.83. The molecule has 2 nitrogen and oxygen atoms in total. The van der Waals surface area contributed by atoms with Gasteiger partial charge in [-0.05, 0) is 42.3 Å². The van der Waals surface area contributed by atoms with Crippen molar-refractivity contribution in [2.24, 2.45) is 0 Å². The molecule has 1 aromatic heterocycles. The molecule has 106 valence electrons. The summed E-state index contributed by atoms with van der Waals surface area (Å²) in [6.07, 6.45) is 0. The van der Waals surface area contributed by atoms with E-state index in [0.717, 1.165) is 22.0 Å². The lowest BCUT2D eigenvalue weighted by Crippen LogP contribution is -1.94. The highest BCUT2D eigenvalue weighted by molar-refractivity contribution is 6.18. The van der Waals surface area contributed by atoms with Gasteiger partial charge in [0, 0.05) is 17.3 Å². The molecule has 0 saturated carbocycles. The minimum absolute atomic E-state index is 0.284. The van der Waals surface area contributed by atoms with Crippen LogP contribution in [0, 0.1) is 12.7 Å². The summed E-state index contributed by atoms with van der Waals surface area (Å²) < 4.78 is 18.9. The lowest BCUT2D eigenvalue weighted by atomic mass is 10.1. The summed E-state index contributed by atoms with van der Waals surface area (Å²) in [5.74, 6) is 1.13. The van der Waals surface area contributed by atoms with Gasteiger partial charge in [0.05, 0.1) is 5.52 Å². The van der Waals surface area contributed by atoms with Crippen LogP contribution in [0.25, 0.3) is 10.9 Å². The minimum Gasteiger partial charge on any atom is -0.439 e. The smallest absolute Gasteiger partial charge is 0.220 e. The molecule has 3 rings (SSSR count). The average molecular weight is 302 g/mol. The van der Waals surface area contributed by atoms with Crippen molar-refractivity contribution in [2.45, 2.75) is 12.8 Å². The number of ether oxygens (including phenoxy) is 1. The Bertz CT molecular complexity index is 804. The number of aromatic nitrogens is 1. The number of nitrogens with zero attached hydrogens (tertiary/aromatic N) is 1. The zero-order valence-electron chi connectivity index (χ0n) is 11.4. The molecule has 0 radical (unpaired) electrons. The minimum atomic E-state index is -0.284. The summed E-state index contributed by atoms with van der Waals surface area (Å²) in [6.45, 7) is 1.79. The van der Waals surface area contributed by atoms with E-state index in [9.17, 15) is 4.39 Å². The van der Waals surface area contributed by atoms with Crippen molar-refractivity contribution in [1.82, 2.24) is 4.98 Å². The Labute approximate surface area is 127 Å². The quantitative estimate of drug-likeness (QED) is 0.619. The third-order valence-electron chi connectivity index (χ3n) is 3.27. The van der Waals surface area contributed by atoms with Crippen LogP contribution >= 0.6 is 11.6 Å². The van der Waals surface area contributed by atoms with Gasteiger partial charge in [-0.2, -0.15) is 0 Å². The van der Waals surface area contributed by atoms with Crippen LogP contribution in [0.3, 0.4) is 0 Å². The molecule has 0 saturated heterocycles. The van der Waals surface area contributed by atoms with Gasteiger partial charge in [0.1, 0.15) is 11.6 Å². The molecule has 0 aliphatic rings. The zero-order valence-corrected chi connectivity index (χ0v) is 12.2. The molecule has 0 N–H and O–H groups in total. The van der Waals surface area contributed by atoms with Crippen LogP contribution < -0.4 is 4.74 Å². The summed E-state index contributed by atoms with van der Waals surface area (Å²) in [4.78, 5) is 4.47. The number of pyridine rings is 1. The van der Waals surface area contributed by atoms with Crippen LogP contribution in [0.15, 0.2) is 48.5 Å². The summed E-state index contributed by atoms with van der Waals surface area (Å²) in [6, 6.07) is 14.0. The van der Waals surface area contributed by atoms with Gasteiger partial charge in [-0.15, -0.1) is 11.6 Å². The number of benzene rings is 2. The molecule has 3 aromatic rings. The SMILES string of the molecule is Cc1cc(F)ccc1Oc1cc(CCl)c2ccccc2n1. The van der Waals surface area contributed by atoms with E-state index in [1.807, 2.05) is 30.3 Å². The van der Waals surface area contributed by atoms with Gasteiger partial charge in [0.2, 0.25) is 5.88 Å². The van der Waals surface area contributed by atoms with Crippen LogP contribution in [-0.4, -0.2) is 4.98 Å². The largest absolute Gasteiger partial charge is 0.439 e. The fourth-order valence-corrected chi connectivity index (χ4v) is 2.44. The number of halogens is 2. The average Bonchev–Trinajstić information content (AvgIpc) is 2.49. The van der Waals surface area contributed by atoms with Crippen molar-refractivity contribution >= 4 is 22.5 Å². The first-order valence-corrected chi connectivity index (χ1v) is 7.09. The van der Waals surface area contributed by atoms with E-state index < -0.39 is 0 Å². The molecule has 1 heterocycles. The molecular weight excluding hydrogens is 289 g/mol. The predicted octanol–water partition coefficient (Wildman–Crippen LogP) is 5.21. The van der Waals surface area contributed by atoms with Gasteiger partial charge in [-0.3, -0.25) is 0 Å². The maximum absolute atomic E-state index is 13.1. The molecule has 0 spiro atoms. The molecule has 0 aliphatic carbocycles. The molecular formula is C17H13ClFNO. The Kier molecular flexibility index (Phi) is 3.76. The van der Waals surface area contributed by atoms with E-state index in [1.165, 1.54) is 12.1 Å². The van der Waals surface area contributed by atoms with Gasteiger partial charge < -0.3 is 4.74 Å². The molecule has 0 fully saturated rings. The molecule has 0 amide bonds. The highest BCUT2D eigenvalue weighted by Gasteiger charge is 2.08. The van der Waals surface area contributed by atoms with Crippen LogP contribution in [-0.2, 0) is 5.88 Å². The van der Waals surface area contributed by atoms with E-state index in [4.69, 9.17) is 16.3 Å². The Morgan fingerprint density at radius 1 is 1.14 bits per heavy atom. The number of fused-ring (bicyclic) bond motifs is 1. The topological polar surface area (TPSA) is 22.1 Å². The Morgan fingerprint density at radius 3 is 2.71 bits per heavy atom. The molecule has 2 aromatic carbocycles. The summed E-state index contributed by atoms with van der Waals surface area (Å²) in [7, 11) is 0. The van der Waals surface area contributed by atoms with Crippen molar-refractivity contribution in [3.05, 3.63) is 65.5 Å². The number of alkyl halides is 1. The predicted molar refractivity (Wildman–Crippen MR) is 82.5 cm³/mol. The molecule has 0 aliphatic heterocycles. The van der Waals surface area contributed by atoms with E-state index >= 15 is 0 Å². The first-order valence-electron chi connectivity index (χ1n) is 6.56. The number of hydrogen-bond acceptors (Lipinski definition) is 2. The molecule has 0 bridgehead atoms. The van der Waals surface area contributed by atoms with E-state index in [1.54, 1.807) is 13.0 Å². The first-order chi connectivity index (χ1) is 10.2. The highest BCUT2D eigenvalue weighted by atomic mass is 35.5. The summed E-state index contributed by atoms with van der Waals surface area (Å²) in [5, 5.41) is 1.01. The molecule has 0 unspecified atom stereocenters. The van der Waals surface area contributed by atoms with Crippen LogP contribution in [0.5, 0.6) is 11.6 Å².